The molecular formula is C30H62O7. The van der Waals surface area contributed by atoms with Gasteiger partial charge in [-0.1, -0.05) is 84.0 Å². The maximum atomic E-state index is 8.62. The SMILES string of the molecule is CCCCCCCCCCCCCCCOCC(C)OCC(C)OCC(C)OCCOCCOCCO. The van der Waals surface area contributed by atoms with Gasteiger partial charge in [0.05, 0.1) is 77.8 Å². The topological polar surface area (TPSA) is 75.6 Å². The van der Waals surface area contributed by atoms with Gasteiger partial charge in [-0.15, -0.1) is 0 Å². The molecule has 0 aromatic heterocycles. The molecule has 0 aliphatic heterocycles. The normalized spacial score (nSPS) is 14.2. The predicted octanol–water partition coefficient (Wildman–Crippen LogP) is 6.34. The molecule has 0 fully saturated rings. The third kappa shape index (κ3) is 30.1. The van der Waals surface area contributed by atoms with Crippen molar-refractivity contribution >= 4 is 0 Å². The van der Waals surface area contributed by atoms with Gasteiger partial charge in [0.2, 0.25) is 0 Å². The highest BCUT2D eigenvalue weighted by Gasteiger charge is 2.10. The van der Waals surface area contributed by atoms with Gasteiger partial charge in [0.1, 0.15) is 0 Å². The fourth-order valence-corrected chi connectivity index (χ4v) is 3.91. The summed E-state index contributed by atoms with van der Waals surface area (Å²) in [7, 11) is 0. The Morgan fingerprint density at radius 1 is 0.432 bits per heavy atom. The quantitative estimate of drug-likeness (QED) is 0.104. The van der Waals surface area contributed by atoms with Crippen molar-refractivity contribution in [1.82, 2.24) is 0 Å². The second-order valence-electron chi connectivity index (χ2n) is 10.2. The van der Waals surface area contributed by atoms with Crippen molar-refractivity contribution in [2.24, 2.45) is 0 Å². The number of rotatable bonds is 31. The first-order valence-electron chi connectivity index (χ1n) is 15.3. The van der Waals surface area contributed by atoms with Crippen molar-refractivity contribution < 1.29 is 33.5 Å². The first-order chi connectivity index (χ1) is 18.1. The molecule has 0 aliphatic carbocycles. The molecule has 0 saturated carbocycles. The van der Waals surface area contributed by atoms with E-state index in [1.54, 1.807) is 0 Å². The summed E-state index contributed by atoms with van der Waals surface area (Å²) in [6.07, 6.45) is 17.9. The summed E-state index contributed by atoms with van der Waals surface area (Å²) in [6, 6.07) is 0. The maximum Gasteiger partial charge on any atom is 0.0781 e. The van der Waals surface area contributed by atoms with Gasteiger partial charge in [-0.3, -0.25) is 0 Å². The van der Waals surface area contributed by atoms with E-state index in [0.717, 1.165) is 13.0 Å². The van der Waals surface area contributed by atoms with E-state index in [-0.39, 0.29) is 24.9 Å². The Balaban J connectivity index is 3.37. The smallest absolute Gasteiger partial charge is 0.0781 e. The van der Waals surface area contributed by atoms with Crippen molar-refractivity contribution in [2.75, 3.05) is 66.1 Å². The van der Waals surface area contributed by atoms with Gasteiger partial charge in [-0.2, -0.15) is 0 Å². The molecule has 7 nitrogen and oxygen atoms in total. The molecule has 0 aromatic carbocycles. The second-order valence-corrected chi connectivity index (χ2v) is 10.2. The minimum absolute atomic E-state index is 0.00207. The minimum Gasteiger partial charge on any atom is -0.394 e. The fraction of sp³-hybridized carbons (Fsp3) is 1.00. The number of ether oxygens (including phenoxy) is 6. The summed E-state index contributed by atoms with van der Waals surface area (Å²) in [5, 5.41) is 8.62. The highest BCUT2D eigenvalue weighted by Crippen LogP contribution is 2.12. The van der Waals surface area contributed by atoms with E-state index in [1.807, 2.05) is 13.8 Å². The van der Waals surface area contributed by atoms with Crippen molar-refractivity contribution in [2.45, 2.75) is 129 Å². The summed E-state index contributed by atoms with van der Waals surface area (Å²) in [5.41, 5.74) is 0. The lowest BCUT2D eigenvalue weighted by atomic mass is 10.0. The van der Waals surface area contributed by atoms with Crippen LogP contribution in [0.3, 0.4) is 0 Å². The van der Waals surface area contributed by atoms with Gasteiger partial charge in [-0.25, -0.2) is 0 Å². The molecule has 0 saturated heterocycles. The first-order valence-corrected chi connectivity index (χ1v) is 15.3. The minimum atomic E-state index is -0.00207. The van der Waals surface area contributed by atoms with Gasteiger partial charge >= 0.3 is 0 Å². The second kappa shape index (κ2) is 30.3. The molecule has 7 heteroatoms. The van der Waals surface area contributed by atoms with Crippen LogP contribution < -0.4 is 0 Å². The van der Waals surface area contributed by atoms with Crippen molar-refractivity contribution in [3.8, 4) is 0 Å². The maximum absolute atomic E-state index is 8.62. The lowest BCUT2D eigenvalue weighted by Crippen LogP contribution is -2.27. The van der Waals surface area contributed by atoms with Crippen molar-refractivity contribution in [3.63, 3.8) is 0 Å². The monoisotopic (exact) mass is 534 g/mol. The molecule has 0 amide bonds. The van der Waals surface area contributed by atoms with E-state index in [4.69, 9.17) is 33.5 Å². The molecule has 3 unspecified atom stereocenters. The van der Waals surface area contributed by atoms with Crippen molar-refractivity contribution in [1.29, 1.82) is 0 Å². The summed E-state index contributed by atoms with van der Waals surface area (Å²) in [5.74, 6) is 0. The van der Waals surface area contributed by atoms with Crippen LogP contribution in [0, 0.1) is 0 Å². The summed E-state index contributed by atoms with van der Waals surface area (Å²) in [4.78, 5) is 0. The molecule has 0 bridgehead atoms. The molecule has 0 aromatic rings. The molecule has 1 N–H and O–H groups in total. The van der Waals surface area contributed by atoms with E-state index in [2.05, 4.69) is 13.8 Å². The Kier molecular flexibility index (Phi) is 30.0. The Hall–Kier alpha value is -0.280. The molecule has 0 radical (unpaired) electrons. The fourth-order valence-electron chi connectivity index (χ4n) is 3.91. The Morgan fingerprint density at radius 3 is 1.41 bits per heavy atom. The Morgan fingerprint density at radius 2 is 0.865 bits per heavy atom. The van der Waals surface area contributed by atoms with Crippen LogP contribution in [0.2, 0.25) is 0 Å². The molecule has 224 valence electrons. The summed E-state index contributed by atoms with van der Waals surface area (Å²) < 4.78 is 33.7. The van der Waals surface area contributed by atoms with Gasteiger partial charge in [0.25, 0.3) is 0 Å². The molecule has 0 rings (SSSR count). The first kappa shape index (κ1) is 36.7. The Bertz CT molecular complexity index is 425. The zero-order chi connectivity index (χ0) is 27.2. The third-order valence-corrected chi connectivity index (χ3v) is 6.21. The van der Waals surface area contributed by atoms with E-state index < -0.39 is 0 Å². The van der Waals surface area contributed by atoms with Crippen LogP contribution in [-0.4, -0.2) is 89.5 Å². The average molecular weight is 535 g/mol. The van der Waals surface area contributed by atoms with Gasteiger partial charge < -0.3 is 33.5 Å². The zero-order valence-electron chi connectivity index (χ0n) is 24.9. The van der Waals surface area contributed by atoms with E-state index >= 15 is 0 Å². The third-order valence-electron chi connectivity index (χ3n) is 6.21. The van der Waals surface area contributed by atoms with Gasteiger partial charge in [0, 0.05) is 6.61 Å². The molecular weight excluding hydrogens is 472 g/mol. The standard InChI is InChI=1S/C30H62O7/c1-5-6-7-8-9-10-11-12-13-14-15-16-17-19-34-25-28(2)36-27-30(4)37-26-29(3)35-24-23-33-22-21-32-20-18-31/h28-31H,5-27H2,1-4H3. The number of hydrogen-bond acceptors (Lipinski definition) is 7. The zero-order valence-corrected chi connectivity index (χ0v) is 24.9. The molecule has 3 atom stereocenters. The lowest BCUT2D eigenvalue weighted by molar-refractivity contribution is -0.0852. The van der Waals surface area contributed by atoms with E-state index in [1.165, 1.54) is 77.0 Å². The predicted molar refractivity (Wildman–Crippen MR) is 151 cm³/mol. The van der Waals surface area contributed by atoms with Crippen LogP contribution in [0.15, 0.2) is 0 Å². The van der Waals surface area contributed by atoms with Crippen LogP contribution in [0.5, 0.6) is 0 Å². The summed E-state index contributed by atoms with van der Waals surface area (Å²) in [6.45, 7) is 13.3. The number of aliphatic hydroxyl groups is 1. The van der Waals surface area contributed by atoms with Crippen molar-refractivity contribution in [3.05, 3.63) is 0 Å². The highest BCUT2D eigenvalue weighted by atomic mass is 16.6. The van der Waals surface area contributed by atoms with Crippen LogP contribution >= 0.6 is 0 Å². The van der Waals surface area contributed by atoms with Crippen LogP contribution in [-0.2, 0) is 28.4 Å². The molecule has 0 aliphatic rings. The highest BCUT2D eigenvalue weighted by molar-refractivity contribution is 4.56. The van der Waals surface area contributed by atoms with Crippen LogP contribution in [0.4, 0.5) is 0 Å². The molecule has 37 heavy (non-hydrogen) atoms. The molecule has 0 spiro atoms. The van der Waals surface area contributed by atoms with E-state index in [9.17, 15) is 0 Å². The van der Waals surface area contributed by atoms with Crippen LogP contribution in [0.1, 0.15) is 111 Å². The lowest BCUT2D eigenvalue weighted by Gasteiger charge is -2.20. The number of aliphatic hydroxyl groups excluding tert-OH is 1. The number of unbranched alkanes of at least 4 members (excludes halogenated alkanes) is 12. The van der Waals surface area contributed by atoms with Gasteiger partial charge in [0.15, 0.2) is 0 Å². The Labute approximate surface area is 229 Å². The number of hydrogen-bond donors (Lipinski definition) is 1. The largest absolute Gasteiger partial charge is 0.394 e. The summed E-state index contributed by atoms with van der Waals surface area (Å²) >= 11 is 0. The van der Waals surface area contributed by atoms with Crippen LogP contribution in [0.25, 0.3) is 0 Å². The van der Waals surface area contributed by atoms with Gasteiger partial charge in [-0.05, 0) is 27.2 Å². The molecule has 0 heterocycles. The average Bonchev–Trinajstić information content (AvgIpc) is 2.90. The van der Waals surface area contributed by atoms with E-state index in [0.29, 0.717) is 52.9 Å².